The zero-order valence-corrected chi connectivity index (χ0v) is 11.1. The molecule has 1 fully saturated rings. The highest BCUT2D eigenvalue weighted by atomic mass is 79.9. The summed E-state index contributed by atoms with van der Waals surface area (Å²) in [5.41, 5.74) is 0.393. The van der Waals surface area contributed by atoms with E-state index in [1.807, 2.05) is 6.92 Å². The Hall–Kier alpha value is -1.19. The molecule has 0 bridgehead atoms. The Morgan fingerprint density at radius 2 is 2.24 bits per heavy atom. The fraction of sp³-hybridized carbons (Fsp3) is 0.417. The Kier molecular flexibility index (Phi) is 3.06. The van der Waals surface area contributed by atoms with Gasteiger partial charge in [-0.05, 0) is 47.3 Å². The SMILES string of the molecule is COc1c(C)cc(Br)c(F)c1C1(N=C=O)CC1. The predicted molar refractivity (Wildman–Crippen MR) is 64.4 cm³/mol. The summed E-state index contributed by atoms with van der Waals surface area (Å²) in [6.45, 7) is 1.83. The van der Waals surface area contributed by atoms with Crippen molar-refractivity contribution in [1.29, 1.82) is 0 Å². The van der Waals surface area contributed by atoms with Gasteiger partial charge in [0.05, 0.1) is 17.1 Å². The number of hydrogen-bond donors (Lipinski definition) is 0. The number of halogens is 2. The number of aliphatic imine (C=N–C) groups is 1. The lowest BCUT2D eigenvalue weighted by molar-refractivity contribution is 0.393. The molecule has 0 amide bonds. The van der Waals surface area contributed by atoms with Crippen molar-refractivity contribution in [3.8, 4) is 5.75 Å². The van der Waals surface area contributed by atoms with E-state index in [1.165, 1.54) is 13.2 Å². The number of hydrogen-bond acceptors (Lipinski definition) is 3. The van der Waals surface area contributed by atoms with Crippen LogP contribution in [0, 0.1) is 12.7 Å². The molecule has 3 nitrogen and oxygen atoms in total. The van der Waals surface area contributed by atoms with Crippen molar-refractivity contribution in [2.75, 3.05) is 7.11 Å². The fourth-order valence-electron chi connectivity index (χ4n) is 2.04. The van der Waals surface area contributed by atoms with Gasteiger partial charge in [0, 0.05) is 0 Å². The van der Waals surface area contributed by atoms with Gasteiger partial charge in [0.15, 0.2) is 0 Å². The molecule has 0 aromatic heterocycles. The van der Waals surface area contributed by atoms with E-state index in [4.69, 9.17) is 4.74 Å². The minimum atomic E-state index is -0.772. The Bertz CT molecular complexity index is 520. The highest BCUT2D eigenvalue weighted by molar-refractivity contribution is 9.10. The summed E-state index contributed by atoms with van der Waals surface area (Å²) < 4.78 is 19.8. The summed E-state index contributed by atoms with van der Waals surface area (Å²) in [5.74, 6) is 0.0474. The van der Waals surface area contributed by atoms with E-state index in [0.29, 0.717) is 28.6 Å². The predicted octanol–water partition coefficient (Wildman–Crippen LogP) is 3.23. The maximum atomic E-state index is 14.2. The first-order valence-electron chi connectivity index (χ1n) is 5.18. The second-order valence-electron chi connectivity index (χ2n) is 4.13. The van der Waals surface area contributed by atoms with Gasteiger partial charge in [-0.15, -0.1) is 0 Å². The molecule has 0 atom stereocenters. The van der Waals surface area contributed by atoms with Crippen LogP contribution in [0.5, 0.6) is 5.75 Å². The van der Waals surface area contributed by atoms with E-state index in [9.17, 15) is 9.18 Å². The maximum absolute atomic E-state index is 14.2. The minimum absolute atomic E-state index is 0.357. The molecule has 0 unspecified atom stereocenters. The van der Waals surface area contributed by atoms with Crippen molar-refractivity contribution in [2.24, 2.45) is 4.99 Å². The lowest BCUT2D eigenvalue weighted by atomic mass is 10.0. The van der Waals surface area contributed by atoms with Crippen molar-refractivity contribution >= 4 is 22.0 Å². The lowest BCUT2D eigenvalue weighted by Crippen LogP contribution is -2.10. The van der Waals surface area contributed by atoms with Crippen LogP contribution in [-0.2, 0) is 10.3 Å². The van der Waals surface area contributed by atoms with Crippen molar-refractivity contribution in [2.45, 2.75) is 25.3 Å². The highest BCUT2D eigenvalue weighted by Gasteiger charge is 2.49. The fourth-order valence-corrected chi connectivity index (χ4v) is 2.58. The van der Waals surface area contributed by atoms with Crippen LogP contribution in [0.4, 0.5) is 4.39 Å². The van der Waals surface area contributed by atoms with Gasteiger partial charge in [0.25, 0.3) is 0 Å². The molecular formula is C12H11BrFNO2. The summed E-state index contributed by atoms with van der Waals surface area (Å²) in [6, 6.07) is 1.65. The van der Waals surface area contributed by atoms with E-state index in [0.717, 1.165) is 5.56 Å². The number of benzene rings is 1. The zero-order valence-electron chi connectivity index (χ0n) is 9.51. The molecule has 0 aliphatic heterocycles. The van der Waals surface area contributed by atoms with Crippen LogP contribution >= 0.6 is 15.9 Å². The Morgan fingerprint density at radius 3 is 2.71 bits per heavy atom. The van der Waals surface area contributed by atoms with E-state index < -0.39 is 11.4 Å². The molecule has 1 aliphatic carbocycles. The number of methoxy groups -OCH3 is 1. The largest absolute Gasteiger partial charge is 0.496 e. The van der Waals surface area contributed by atoms with Gasteiger partial charge in [-0.2, -0.15) is 4.99 Å². The molecule has 0 heterocycles. The van der Waals surface area contributed by atoms with Crippen LogP contribution < -0.4 is 4.74 Å². The Balaban J connectivity index is 2.71. The first-order chi connectivity index (χ1) is 8.05. The Labute approximate surface area is 107 Å². The number of isocyanates is 1. The minimum Gasteiger partial charge on any atom is -0.496 e. The van der Waals surface area contributed by atoms with Crippen LogP contribution in [0.3, 0.4) is 0 Å². The summed E-state index contributed by atoms with van der Waals surface area (Å²) in [7, 11) is 1.49. The summed E-state index contributed by atoms with van der Waals surface area (Å²) in [5, 5.41) is 0. The molecule has 2 rings (SSSR count). The van der Waals surface area contributed by atoms with E-state index in [1.54, 1.807) is 6.07 Å². The third-order valence-corrected chi connectivity index (χ3v) is 3.59. The zero-order chi connectivity index (χ0) is 12.6. The lowest BCUT2D eigenvalue weighted by Gasteiger charge is -2.17. The first kappa shape index (κ1) is 12.3. The molecule has 5 heteroatoms. The van der Waals surface area contributed by atoms with Crippen molar-refractivity contribution < 1.29 is 13.9 Å². The molecule has 1 aromatic rings. The monoisotopic (exact) mass is 299 g/mol. The topological polar surface area (TPSA) is 38.7 Å². The third-order valence-electron chi connectivity index (χ3n) is 3.01. The third kappa shape index (κ3) is 1.90. The maximum Gasteiger partial charge on any atom is 0.235 e. The van der Waals surface area contributed by atoms with Gasteiger partial charge in [-0.3, -0.25) is 0 Å². The standard InChI is InChI=1S/C12H11BrFNO2/c1-7-5-8(13)10(14)9(11(7)17-2)12(3-4-12)15-6-16/h5H,3-4H2,1-2H3. The van der Waals surface area contributed by atoms with Crippen LogP contribution in [-0.4, -0.2) is 13.2 Å². The van der Waals surface area contributed by atoms with Gasteiger partial charge in [0.1, 0.15) is 17.1 Å². The first-order valence-corrected chi connectivity index (χ1v) is 5.97. The van der Waals surface area contributed by atoms with Gasteiger partial charge >= 0.3 is 0 Å². The molecule has 0 saturated heterocycles. The number of rotatable bonds is 3. The van der Waals surface area contributed by atoms with Gasteiger partial charge in [0.2, 0.25) is 6.08 Å². The van der Waals surface area contributed by atoms with Crippen molar-refractivity contribution in [3.05, 3.63) is 27.5 Å². The van der Waals surface area contributed by atoms with Gasteiger partial charge in [-0.1, -0.05) is 0 Å². The average Bonchev–Trinajstić information content (AvgIpc) is 3.04. The van der Waals surface area contributed by atoms with E-state index in [2.05, 4.69) is 20.9 Å². The molecular weight excluding hydrogens is 289 g/mol. The number of carbonyl (C=O) groups excluding carboxylic acids is 1. The van der Waals surface area contributed by atoms with E-state index >= 15 is 0 Å². The van der Waals surface area contributed by atoms with Crippen molar-refractivity contribution in [3.63, 3.8) is 0 Å². The van der Waals surface area contributed by atoms with E-state index in [-0.39, 0.29) is 0 Å². The van der Waals surface area contributed by atoms with Crippen LogP contribution in [0.25, 0.3) is 0 Å². The quantitative estimate of drug-likeness (QED) is 0.635. The number of ether oxygens (including phenoxy) is 1. The average molecular weight is 300 g/mol. The molecule has 1 aromatic carbocycles. The van der Waals surface area contributed by atoms with Gasteiger partial charge < -0.3 is 4.74 Å². The molecule has 0 N–H and O–H groups in total. The molecule has 1 aliphatic rings. The summed E-state index contributed by atoms with van der Waals surface area (Å²) in [4.78, 5) is 14.2. The second-order valence-corrected chi connectivity index (χ2v) is 4.99. The molecule has 1 saturated carbocycles. The molecule has 0 radical (unpaired) electrons. The second kappa shape index (κ2) is 4.24. The van der Waals surface area contributed by atoms with Crippen LogP contribution in [0.2, 0.25) is 0 Å². The number of aryl methyl sites for hydroxylation is 1. The van der Waals surface area contributed by atoms with Crippen LogP contribution in [0.15, 0.2) is 15.5 Å². The summed E-state index contributed by atoms with van der Waals surface area (Å²) >= 11 is 3.16. The smallest absolute Gasteiger partial charge is 0.235 e. The Morgan fingerprint density at radius 1 is 1.59 bits per heavy atom. The summed E-state index contributed by atoms with van der Waals surface area (Å²) in [6.07, 6.45) is 2.81. The normalized spacial score (nSPS) is 16.2. The molecule has 0 spiro atoms. The highest BCUT2D eigenvalue weighted by Crippen LogP contribution is 2.54. The van der Waals surface area contributed by atoms with Crippen LogP contribution in [0.1, 0.15) is 24.0 Å². The molecule has 17 heavy (non-hydrogen) atoms. The van der Waals surface area contributed by atoms with Gasteiger partial charge in [-0.25, -0.2) is 9.18 Å². The number of nitrogens with zero attached hydrogens (tertiary/aromatic N) is 1. The molecule has 90 valence electrons. The van der Waals surface area contributed by atoms with Crippen molar-refractivity contribution in [1.82, 2.24) is 0 Å².